The Morgan fingerprint density at radius 3 is 2.00 bits per heavy atom. The molecule has 3 atom stereocenters. The number of rotatable bonds is 12. The van der Waals surface area contributed by atoms with E-state index >= 15 is 0 Å². The minimum Gasteiger partial charge on any atom is -0.466 e. The topological polar surface area (TPSA) is 122 Å². The highest BCUT2D eigenvalue weighted by atomic mass is 16.5. The van der Waals surface area contributed by atoms with E-state index in [9.17, 15) is 24.6 Å². The smallest absolute Gasteiger partial charge is 0.309 e. The van der Waals surface area contributed by atoms with Gasteiger partial charge >= 0.3 is 5.97 Å². The fourth-order valence-corrected chi connectivity index (χ4v) is 3.53. The lowest BCUT2D eigenvalue weighted by Gasteiger charge is -2.20. The van der Waals surface area contributed by atoms with Gasteiger partial charge in [0.15, 0.2) is 11.9 Å². The van der Waals surface area contributed by atoms with Crippen molar-refractivity contribution in [1.29, 1.82) is 0 Å². The molecule has 0 aliphatic carbocycles. The Balaban J connectivity index is 1.58. The van der Waals surface area contributed by atoms with Gasteiger partial charge in [-0.25, -0.2) is 0 Å². The molecule has 0 radical (unpaired) electrons. The van der Waals surface area contributed by atoms with Gasteiger partial charge in [0.1, 0.15) is 17.6 Å². The Morgan fingerprint density at radius 2 is 1.39 bits per heavy atom. The summed E-state index contributed by atoms with van der Waals surface area (Å²) in [6.07, 6.45) is -4.18. The SMILES string of the molecule is CCOC(=O)[C@@H](CC(=O)[C@H](O)[C@@H](O)C(=O)Nc1ccc(Oc2ccccc2)cc1)Cc1ccccc1. The number of aliphatic hydroxyl groups is 2. The number of Topliss-reactive ketones (excluding diaryl/α,β-unsaturated/α-hetero) is 1. The second-order valence-corrected chi connectivity index (χ2v) is 8.13. The average Bonchev–Trinajstić information content (AvgIpc) is 2.89. The Bertz CT molecular complexity index is 1130. The highest BCUT2D eigenvalue weighted by Crippen LogP contribution is 2.23. The number of hydrogen-bond donors (Lipinski definition) is 3. The number of amides is 1. The molecule has 0 aliphatic rings. The molecule has 0 saturated heterocycles. The van der Waals surface area contributed by atoms with Crippen LogP contribution in [0.1, 0.15) is 18.9 Å². The molecule has 0 saturated carbocycles. The highest BCUT2D eigenvalue weighted by molar-refractivity contribution is 5.99. The number of hydrogen-bond acceptors (Lipinski definition) is 7. The van der Waals surface area contributed by atoms with Gasteiger partial charge < -0.3 is 25.0 Å². The summed E-state index contributed by atoms with van der Waals surface area (Å²) < 4.78 is 10.8. The van der Waals surface area contributed by atoms with Crippen LogP contribution in [0.3, 0.4) is 0 Å². The standard InChI is InChI=1S/C28H29NO7/c1-2-35-28(34)20(17-19-9-5-3-6-10-19)18-24(30)25(31)26(32)27(33)29-21-13-15-23(16-14-21)36-22-11-7-4-8-12-22/h3-16,20,25-26,31-32H,2,17-18H2,1H3,(H,29,33)/t20-,25+,26-/m1/s1. The van der Waals surface area contributed by atoms with Crippen molar-refractivity contribution in [2.45, 2.75) is 32.0 Å². The second-order valence-electron chi connectivity index (χ2n) is 8.13. The van der Waals surface area contributed by atoms with Crippen LogP contribution >= 0.6 is 0 Å². The van der Waals surface area contributed by atoms with Crippen molar-refractivity contribution in [1.82, 2.24) is 0 Å². The van der Waals surface area contributed by atoms with E-state index in [-0.39, 0.29) is 19.4 Å². The van der Waals surface area contributed by atoms with Gasteiger partial charge in [-0.15, -0.1) is 0 Å². The van der Waals surface area contributed by atoms with Crippen molar-refractivity contribution in [3.8, 4) is 11.5 Å². The fourth-order valence-electron chi connectivity index (χ4n) is 3.53. The Kier molecular flexibility index (Phi) is 9.73. The third kappa shape index (κ3) is 7.76. The molecule has 3 aromatic carbocycles. The zero-order chi connectivity index (χ0) is 25.9. The maximum Gasteiger partial charge on any atom is 0.309 e. The number of carbonyl (C=O) groups excluding carboxylic acids is 3. The molecule has 1 amide bonds. The first kappa shape index (κ1) is 26.6. The van der Waals surface area contributed by atoms with E-state index in [1.807, 2.05) is 48.5 Å². The number of ketones is 1. The molecule has 188 valence electrons. The average molecular weight is 492 g/mol. The molecule has 3 aromatic rings. The first-order valence-electron chi connectivity index (χ1n) is 11.6. The van der Waals surface area contributed by atoms with Crippen LogP contribution in [0.25, 0.3) is 0 Å². The molecule has 0 aromatic heterocycles. The first-order chi connectivity index (χ1) is 17.4. The summed E-state index contributed by atoms with van der Waals surface area (Å²) >= 11 is 0. The molecule has 0 aliphatic heterocycles. The molecule has 0 heterocycles. The van der Waals surface area contributed by atoms with Gasteiger partial charge in [-0.3, -0.25) is 14.4 Å². The first-order valence-corrected chi connectivity index (χ1v) is 11.6. The maximum atomic E-state index is 12.7. The number of para-hydroxylation sites is 1. The van der Waals surface area contributed by atoms with Crippen LogP contribution in [0.5, 0.6) is 11.5 Å². The van der Waals surface area contributed by atoms with E-state index in [2.05, 4.69) is 5.32 Å². The van der Waals surface area contributed by atoms with E-state index in [0.29, 0.717) is 17.2 Å². The van der Waals surface area contributed by atoms with Crippen LogP contribution in [-0.2, 0) is 25.5 Å². The zero-order valence-corrected chi connectivity index (χ0v) is 19.9. The quantitative estimate of drug-likeness (QED) is 0.331. The summed E-state index contributed by atoms with van der Waals surface area (Å²) in [4.78, 5) is 37.5. The molecule has 0 unspecified atom stereocenters. The minimum atomic E-state index is -2.02. The predicted molar refractivity (Wildman–Crippen MR) is 133 cm³/mol. The largest absolute Gasteiger partial charge is 0.466 e. The lowest BCUT2D eigenvalue weighted by atomic mass is 9.91. The Morgan fingerprint density at radius 1 is 0.806 bits per heavy atom. The molecule has 36 heavy (non-hydrogen) atoms. The van der Waals surface area contributed by atoms with Crippen molar-refractivity contribution in [2.75, 3.05) is 11.9 Å². The van der Waals surface area contributed by atoms with Crippen LogP contribution in [0.4, 0.5) is 5.69 Å². The summed E-state index contributed by atoms with van der Waals surface area (Å²) in [6, 6.07) is 24.6. The van der Waals surface area contributed by atoms with E-state index in [4.69, 9.17) is 9.47 Å². The third-order valence-electron chi connectivity index (χ3n) is 5.39. The van der Waals surface area contributed by atoms with Gasteiger partial charge in [-0.1, -0.05) is 48.5 Å². The van der Waals surface area contributed by atoms with Crippen LogP contribution < -0.4 is 10.1 Å². The second kappa shape index (κ2) is 13.2. The van der Waals surface area contributed by atoms with E-state index in [1.54, 1.807) is 43.3 Å². The number of nitrogens with one attached hydrogen (secondary N) is 1. The van der Waals surface area contributed by atoms with Gasteiger partial charge in [0.2, 0.25) is 0 Å². The molecule has 8 nitrogen and oxygen atoms in total. The van der Waals surface area contributed by atoms with Gasteiger partial charge in [-0.2, -0.15) is 0 Å². The lowest BCUT2D eigenvalue weighted by Crippen LogP contribution is -2.43. The molecular formula is C28H29NO7. The molecule has 0 bridgehead atoms. The lowest BCUT2D eigenvalue weighted by molar-refractivity contribution is -0.151. The summed E-state index contributed by atoms with van der Waals surface area (Å²) in [5.41, 5.74) is 1.16. The van der Waals surface area contributed by atoms with Gasteiger partial charge in [0.25, 0.3) is 5.91 Å². The van der Waals surface area contributed by atoms with Crippen LogP contribution in [-0.4, -0.2) is 46.7 Å². The number of aliphatic hydroxyl groups excluding tert-OH is 2. The van der Waals surface area contributed by atoms with Crippen molar-refractivity contribution in [2.24, 2.45) is 5.92 Å². The van der Waals surface area contributed by atoms with E-state index in [0.717, 1.165) is 5.56 Å². The van der Waals surface area contributed by atoms with Crippen LogP contribution in [0.2, 0.25) is 0 Å². The minimum absolute atomic E-state index is 0.140. The van der Waals surface area contributed by atoms with Crippen molar-refractivity contribution in [3.63, 3.8) is 0 Å². The third-order valence-corrected chi connectivity index (χ3v) is 5.39. The Hall–Kier alpha value is -4.01. The molecule has 3 N–H and O–H groups in total. The van der Waals surface area contributed by atoms with E-state index < -0.39 is 35.8 Å². The number of esters is 1. The summed E-state index contributed by atoms with van der Waals surface area (Å²) in [7, 11) is 0. The normalized spacial score (nSPS) is 13.2. The molecule has 3 rings (SSSR count). The summed E-state index contributed by atoms with van der Waals surface area (Å²) in [5, 5.41) is 23.1. The van der Waals surface area contributed by atoms with Crippen molar-refractivity contribution >= 4 is 23.3 Å². The summed E-state index contributed by atoms with van der Waals surface area (Å²) in [5.74, 6) is -2.04. The van der Waals surface area contributed by atoms with Gasteiger partial charge in [0.05, 0.1) is 12.5 Å². The van der Waals surface area contributed by atoms with E-state index in [1.165, 1.54) is 0 Å². The molecular weight excluding hydrogens is 462 g/mol. The number of carbonyl (C=O) groups is 3. The number of anilines is 1. The van der Waals surface area contributed by atoms with Crippen LogP contribution in [0.15, 0.2) is 84.9 Å². The van der Waals surface area contributed by atoms with Crippen molar-refractivity contribution in [3.05, 3.63) is 90.5 Å². The zero-order valence-electron chi connectivity index (χ0n) is 19.9. The molecule has 0 spiro atoms. The predicted octanol–water partition coefficient (Wildman–Crippen LogP) is 3.52. The van der Waals surface area contributed by atoms with Gasteiger partial charge in [0, 0.05) is 12.1 Å². The summed E-state index contributed by atoms with van der Waals surface area (Å²) in [6.45, 7) is 1.80. The maximum absolute atomic E-state index is 12.7. The monoisotopic (exact) mass is 491 g/mol. The Labute approximate surface area is 209 Å². The highest BCUT2D eigenvalue weighted by Gasteiger charge is 2.33. The fraction of sp³-hybridized carbons (Fsp3) is 0.250. The van der Waals surface area contributed by atoms with Gasteiger partial charge in [-0.05, 0) is 55.3 Å². The number of benzene rings is 3. The van der Waals surface area contributed by atoms with Crippen LogP contribution in [0, 0.1) is 5.92 Å². The van der Waals surface area contributed by atoms with Crippen molar-refractivity contribution < 1.29 is 34.1 Å². The molecule has 8 heteroatoms. The molecule has 0 fully saturated rings. The number of ether oxygens (including phenoxy) is 2.